The van der Waals surface area contributed by atoms with Gasteiger partial charge in [0.2, 0.25) is 0 Å². The molecule has 1 heterocycles. The van der Waals surface area contributed by atoms with Gasteiger partial charge in [-0.25, -0.2) is 13.8 Å². The summed E-state index contributed by atoms with van der Waals surface area (Å²) in [6, 6.07) is 12.3. The highest BCUT2D eigenvalue weighted by atomic mass is 19.1. The molecule has 0 atom stereocenters. The van der Waals surface area contributed by atoms with E-state index < -0.39 is 11.6 Å². The van der Waals surface area contributed by atoms with Crippen LogP contribution in [-0.4, -0.2) is 4.98 Å². The Hall–Kier alpha value is -2.49. The Kier molecular flexibility index (Phi) is 2.63. The SMILES string of the molecule is Nc1cc(-c2ccc(F)cc2F)nc2ccccc12. The normalized spacial score (nSPS) is 10.8. The fraction of sp³-hybridized carbons (Fsp3) is 0. The summed E-state index contributed by atoms with van der Waals surface area (Å²) in [6.45, 7) is 0. The molecular formula is C15H10F2N2. The molecule has 94 valence electrons. The number of fused-ring (bicyclic) bond motifs is 1. The lowest BCUT2D eigenvalue weighted by molar-refractivity contribution is 0.585. The molecule has 0 aliphatic heterocycles. The summed E-state index contributed by atoms with van der Waals surface area (Å²) in [5.41, 5.74) is 7.77. The van der Waals surface area contributed by atoms with Gasteiger partial charge in [0.1, 0.15) is 11.6 Å². The van der Waals surface area contributed by atoms with E-state index in [-0.39, 0.29) is 5.56 Å². The van der Waals surface area contributed by atoms with Crippen molar-refractivity contribution in [1.29, 1.82) is 0 Å². The van der Waals surface area contributed by atoms with Gasteiger partial charge in [0, 0.05) is 22.7 Å². The number of hydrogen-bond donors (Lipinski definition) is 1. The summed E-state index contributed by atoms with van der Waals surface area (Å²) in [7, 11) is 0. The van der Waals surface area contributed by atoms with Gasteiger partial charge in [-0.2, -0.15) is 0 Å². The third kappa shape index (κ3) is 2.01. The van der Waals surface area contributed by atoms with Crippen LogP contribution in [0.25, 0.3) is 22.2 Å². The van der Waals surface area contributed by atoms with Crippen LogP contribution in [0.2, 0.25) is 0 Å². The van der Waals surface area contributed by atoms with Crippen molar-refractivity contribution in [3.8, 4) is 11.3 Å². The summed E-state index contributed by atoms with van der Waals surface area (Å²) in [5, 5.41) is 0.814. The Morgan fingerprint density at radius 3 is 2.53 bits per heavy atom. The smallest absolute Gasteiger partial charge is 0.135 e. The maximum atomic E-state index is 13.7. The van der Waals surface area contributed by atoms with Crippen LogP contribution in [0.15, 0.2) is 48.5 Å². The molecule has 4 heteroatoms. The highest BCUT2D eigenvalue weighted by Crippen LogP contribution is 2.28. The number of nitrogen functional groups attached to an aromatic ring is 1. The number of nitrogens with two attached hydrogens (primary N) is 1. The Morgan fingerprint density at radius 1 is 0.947 bits per heavy atom. The first-order valence-corrected chi connectivity index (χ1v) is 5.76. The summed E-state index contributed by atoms with van der Waals surface area (Å²) >= 11 is 0. The van der Waals surface area contributed by atoms with Crippen LogP contribution in [0.5, 0.6) is 0 Å². The first kappa shape index (κ1) is 11.6. The van der Waals surface area contributed by atoms with E-state index in [1.54, 1.807) is 12.1 Å². The minimum Gasteiger partial charge on any atom is -0.398 e. The first-order valence-electron chi connectivity index (χ1n) is 5.76. The van der Waals surface area contributed by atoms with Gasteiger partial charge in [0.05, 0.1) is 11.2 Å². The topological polar surface area (TPSA) is 38.9 Å². The van der Waals surface area contributed by atoms with Crippen molar-refractivity contribution in [1.82, 2.24) is 4.98 Å². The zero-order chi connectivity index (χ0) is 13.4. The third-order valence-corrected chi connectivity index (χ3v) is 2.96. The number of rotatable bonds is 1. The van der Waals surface area contributed by atoms with E-state index in [0.717, 1.165) is 11.5 Å². The van der Waals surface area contributed by atoms with Crippen LogP contribution < -0.4 is 5.73 Å². The Bertz CT molecular complexity index is 769. The van der Waals surface area contributed by atoms with Crippen LogP contribution in [-0.2, 0) is 0 Å². The lowest BCUT2D eigenvalue weighted by Crippen LogP contribution is -1.94. The second-order valence-corrected chi connectivity index (χ2v) is 4.24. The molecule has 0 bridgehead atoms. The summed E-state index contributed by atoms with van der Waals surface area (Å²) in [4.78, 5) is 4.35. The number of aromatic nitrogens is 1. The molecule has 1 aromatic heterocycles. The van der Waals surface area contributed by atoms with Gasteiger partial charge in [-0.15, -0.1) is 0 Å². The lowest BCUT2D eigenvalue weighted by Gasteiger charge is -2.07. The third-order valence-electron chi connectivity index (χ3n) is 2.96. The fourth-order valence-corrected chi connectivity index (χ4v) is 2.04. The highest BCUT2D eigenvalue weighted by molar-refractivity contribution is 5.92. The number of hydrogen-bond acceptors (Lipinski definition) is 2. The van der Waals surface area contributed by atoms with Crippen LogP contribution in [0.1, 0.15) is 0 Å². The lowest BCUT2D eigenvalue weighted by atomic mass is 10.1. The van der Waals surface area contributed by atoms with Crippen molar-refractivity contribution in [2.45, 2.75) is 0 Å². The Balaban J connectivity index is 2.25. The number of para-hydroxylation sites is 1. The average molecular weight is 256 g/mol. The average Bonchev–Trinajstić information content (AvgIpc) is 2.38. The standard InChI is InChI=1S/C15H10F2N2/c16-9-5-6-10(12(17)7-9)15-8-13(18)11-3-1-2-4-14(11)19-15/h1-8H,(H2,18,19). The van der Waals surface area contributed by atoms with E-state index in [4.69, 9.17) is 5.73 Å². The quantitative estimate of drug-likeness (QED) is 0.720. The van der Waals surface area contributed by atoms with E-state index in [1.807, 2.05) is 18.2 Å². The minimum absolute atomic E-state index is 0.235. The van der Waals surface area contributed by atoms with E-state index in [1.165, 1.54) is 12.1 Å². The molecule has 2 N–H and O–H groups in total. The van der Waals surface area contributed by atoms with E-state index in [9.17, 15) is 8.78 Å². The number of pyridine rings is 1. The van der Waals surface area contributed by atoms with E-state index in [2.05, 4.69) is 4.98 Å². The second-order valence-electron chi connectivity index (χ2n) is 4.24. The van der Waals surface area contributed by atoms with Crippen molar-refractivity contribution in [3.63, 3.8) is 0 Å². The molecule has 19 heavy (non-hydrogen) atoms. The number of halogens is 2. The van der Waals surface area contributed by atoms with Gasteiger partial charge in [-0.3, -0.25) is 0 Å². The second kappa shape index (κ2) is 4.31. The largest absolute Gasteiger partial charge is 0.398 e. The molecule has 0 spiro atoms. The molecule has 0 saturated heterocycles. The first-order chi connectivity index (χ1) is 9.15. The molecule has 0 saturated carbocycles. The van der Waals surface area contributed by atoms with Crippen LogP contribution in [0.4, 0.5) is 14.5 Å². The molecule has 0 radical (unpaired) electrons. The molecule has 0 amide bonds. The molecule has 2 nitrogen and oxygen atoms in total. The highest BCUT2D eigenvalue weighted by Gasteiger charge is 2.10. The van der Waals surface area contributed by atoms with Gasteiger partial charge in [-0.1, -0.05) is 18.2 Å². The van der Waals surface area contributed by atoms with Gasteiger partial charge in [-0.05, 0) is 24.3 Å². The molecule has 0 aliphatic rings. The zero-order valence-electron chi connectivity index (χ0n) is 9.90. The summed E-state index contributed by atoms with van der Waals surface area (Å²) in [5.74, 6) is -1.27. The molecular weight excluding hydrogens is 246 g/mol. The molecule has 3 rings (SSSR count). The Morgan fingerprint density at radius 2 is 1.74 bits per heavy atom. The number of benzene rings is 2. The van der Waals surface area contributed by atoms with Crippen molar-refractivity contribution in [2.75, 3.05) is 5.73 Å². The van der Waals surface area contributed by atoms with E-state index >= 15 is 0 Å². The molecule has 0 aliphatic carbocycles. The van der Waals surface area contributed by atoms with E-state index in [0.29, 0.717) is 16.9 Å². The van der Waals surface area contributed by atoms with Crippen LogP contribution in [0, 0.1) is 11.6 Å². The summed E-state index contributed by atoms with van der Waals surface area (Å²) in [6.07, 6.45) is 0. The maximum Gasteiger partial charge on any atom is 0.135 e. The molecule has 0 unspecified atom stereocenters. The predicted molar refractivity (Wildman–Crippen MR) is 71.5 cm³/mol. The van der Waals surface area contributed by atoms with Gasteiger partial charge < -0.3 is 5.73 Å². The summed E-state index contributed by atoms with van der Waals surface area (Å²) < 4.78 is 26.7. The van der Waals surface area contributed by atoms with Gasteiger partial charge >= 0.3 is 0 Å². The van der Waals surface area contributed by atoms with Crippen molar-refractivity contribution in [3.05, 3.63) is 60.2 Å². The van der Waals surface area contributed by atoms with Gasteiger partial charge in [0.25, 0.3) is 0 Å². The van der Waals surface area contributed by atoms with Gasteiger partial charge in [0.15, 0.2) is 0 Å². The predicted octanol–water partition coefficient (Wildman–Crippen LogP) is 3.76. The van der Waals surface area contributed by atoms with Crippen molar-refractivity contribution in [2.24, 2.45) is 0 Å². The van der Waals surface area contributed by atoms with Crippen LogP contribution in [0.3, 0.4) is 0 Å². The fourth-order valence-electron chi connectivity index (χ4n) is 2.04. The monoisotopic (exact) mass is 256 g/mol. The minimum atomic E-state index is -0.651. The van der Waals surface area contributed by atoms with Crippen molar-refractivity contribution >= 4 is 16.6 Å². The Labute approximate surface area is 108 Å². The van der Waals surface area contributed by atoms with Crippen molar-refractivity contribution < 1.29 is 8.78 Å². The van der Waals surface area contributed by atoms with Crippen LogP contribution >= 0.6 is 0 Å². The number of nitrogens with zero attached hydrogens (tertiary/aromatic N) is 1. The molecule has 0 fully saturated rings. The molecule has 2 aromatic carbocycles. The molecule has 3 aromatic rings. The maximum absolute atomic E-state index is 13.7. The number of anilines is 1. The zero-order valence-corrected chi connectivity index (χ0v) is 9.90.